The van der Waals surface area contributed by atoms with Gasteiger partial charge in [0, 0.05) is 12.1 Å². The van der Waals surface area contributed by atoms with Gasteiger partial charge in [0.15, 0.2) is 11.3 Å². The minimum Gasteiger partial charge on any atom is -0.461 e. The number of nitro benzene ring substituents is 1. The van der Waals surface area contributed by atoms with Gasteiger partial charge in [-0.15, -0.1) is 0 Å². The highest BCUT2D eigenvalue weighted by atomic mass is 16.6. The summed E-state index contributed by atoms with van der Waals surface area (Å²) in [5, 5.41) is 15.2. The van der Waals surface area contributed by atoms with Crippen LogP contribution in [0.3, 0.4) is 0 Å². The molecule has 0 bridgehead atoms. The summed E-state index contributed by atoms with van der Waals surface area (Å²) >= 11 is 0. The van der Waals surface area contributed by atoms with Crippen LogP contribution in [0.4, 0.5) is 11.4 Å². The average Bonchev–Trinajstić information content (AvgIpc) is 3.25. The standard InChI is InChI=1S/C20H16N4O6/c1-2-30-18(26)16-15-17(25)23(13-8-4-3-5-9-13)19(27)20(15,22-21-16)12-7-6-10-14(11-12)24(28)29/h3-11,15,22H,2H2,1H3/t15-,20+/m0/s1. The highest BCUT2D eigenvalue weighted by Crippen LogP contribution is 2.45. The first-order valence-electron chi connectivity index (χ1n) is 9.12. The van der Waals surface area contributed by atoms with Crippen LogP contribution in [0.15, 0.2) is 59.7 Å². The van der Waals surface area contributed by atoms with E-state index < -0.39 is 34.2 Å². The molecule has 2 aliphatic rings. The number of nitrogens with zero attached hydrogens (tertiary/aromatic N) is 3. The number of rotatable bonds is 5. The Bertz CT molecular complexity index is 1100. The van der Waals surface area contributed by atoms with Crippen molar-refractivity contribution in [3.8, 4) is 0 Å². The molecule has 0 aromatic heterocycles. The summed E-state index contributed by atoms with van der Waals surface area (Å²) in [6, 6.07) is 13.6. The van der Waals surface area contributed by atoms with Crippen molar-refractivity contribution in [2.45, 2.75) is 12.5 Å². The largest absolute Gasteiger partial charge is 0.461 e. The van der Waals surface area contributed by atoms with Gasteiger partial charge in [-0.3, -0.25) is 25.1 Å². The van der Waals surface area contributed by atoms with Crippen molar-refractivity contribution >= 4 is 34.9 Å². The Morgan fingerprint density at radius 1 is 1.23 bits per heavy atom. The first-order valence-corrected chi connectivity index (χ1v) is 9.12. The fourth-order valence-corrected chi connectivity index (χ4v) is 3.77. The number of carbonyl (C=O) groups is 3. The minimum absolute atomic E-state index is 0.0545. The number of anilines is 1. The molecule has 1 N–H and O–H groups in total. The number of fused-ring (bicyclic) bond motifs is 1. The molecule has 1 fully saturated rings. The maximum Gasteiger partial charge on any atom is 0.355 e. The van der Waals surface area contributed by atoms with Crippen LogP contribution >= 0.6 is 0 Å². The molecule has 2 amide bonds. The van der Waals surface area contributed by atoms with Crippen molar-refractivity contribution in [3.63, 3.8) is 0 Å². The molecular formula is C20H16N4O6. The Hall–Kier alpha value is -4.08. The maximum atomic E-state index is 13.6. The van der Waals surface area contributed by atoms with E-state index >= 15 is 0 Å². The summed E-state index contributed by atoms with van der Waals surface area (Å²) < 4.78 is 5.00. The summed E-state index contributed by atoms with van der Waals surface area (Å²) in [5.74, 6) is -3.52. The van der Waals surface area contributed by atoms with Gasteiger partial charge >= 0.3 is 5.97 Å². The minimum atomic E-state index is -1.79. The normalized spacial score (nSPS) is 22.4. The molecule has 10 nitrogen and oxygen atoms in total. The number of non-ortho nitro benzene ring substituents is 1. The van der Waals surface area contributed by atoms with Crippen LogP contribution in [0.25, 0.3) is 0 Å². The Labute approximate surface area is 170 Å². The Balaban J connectivity index is 1.89. The number of amides is 2. The van der Waals surface area contributed by atoms with Crippen molar-refractivity contribution in [1.82, 2.24) is 5.43 Å². The molecule has 2 aromatic carbocycles. The van der Waals surface area contributed by atoms with Gasteiger partial charge in [-0.25, -0.2) is 9.69 Å². The fourth-order valence-electron chi connectivity index (χ4n) is 3.77. The zero-order valence-electron chi connectivity index (χ0n) is 15.8. The van der Waals surface area contributed by atoms with Gasteiger partial charge in [0.05, 0.1) is 17.2 Å². The smallest absolute Gasteiger partial charge is 0.355 e. The molecule has 152 valence electrons. The summed E-state index contributed by atoms with van der Waals surface area (Å²) in [6.45, 7) is 1.66. The lowest BCUT2D eigenvalue weighted by Crippen LogP contribution is -2.48. The van der Waals surface area contributed by atoms with Gasteiger partial charge < -0.3 is 4.74 Å². The SMILES string of the molecule is CCOC(=O)C1=NN[C@@]2(c3cccc([N+](=O)[O-])c3)C(=O)N(c3ccccc3)C(=O)[C@H]12. The topological polar surface area (TPSA) is 131 Å². The molecular weight excluding hydrogens is 392 g/mol. The number of esters is 1. The van der Waals surface area contributed by atoms with Crippen molar-refractivity contribution in [2.24, 2.45) is 11.0 Å². The van der Waals surface area contributed by atoms with Crippen LogP contribution in [-0.2, 0) is 24.7 Å². The van der Waals surface area contributed by atoms with Crippen LogP contribution in [0.5, 0.6) is 0 Å². The number of nitro groups is 1. The molecule has 0 saturated carbocycles. The third-order valence-electron chi connectivity index (χ3n) is 5.08. The number of carbonyl (C=O) groups excluding carboxylic acids is 3. The van der Waals surface area contributed by atoms with E-state index in [-0.39, 0.29) is 23.6 Å². The zero-order valence-corrected chi connectivity index (χ0v) is 15.8. The van der Waals surface area contributed by atoms with Crippen molar-refractivity contribution in [1.29, 1.82) is 0 Å². The van der Waals surface area contributed by atoms with E-state index in [4.69, 9.17) is 4.74 Å². The lowest BCUT2D eigenvalue weighted by atomic mass is 9.78. The molecule has 2 aliphatic heterocycles. The van der Waals surface area contributed by atoms with E-state index in [0.717, 1.165) is 4.90 Å². The lowest BCUT2D eigenvalue weighted by Gasteiger charge is -2.26. The highest BCUT2D eigenvalue weighted by Gasteiger charge is 2.67. The van der Waals surface area contributed by atoms with Crippen LogP contribution in [0.2, 0.25) is 0 Å². The number of nitrogens with one attached hydrogen (secondary N) is 1. The van der Waals surface area contributed by atoms with E-state index in [1.54, 1.807) is 37.3 Å². The van der Waals surface area contributed by atoms with Crippen LogP contribution < -0.4 is 10.3 Å². The Kier molecular flexibility index (Phi) is 4.53. The maximum absolute atomic E-state index is 13.6. The summed E-state index contributed by atoms with van der Waals surface area (Å²) in [7, 11) is 0. The highest BCUT2D eigenvalue weighted by molar-refractivity contribution is 6.47. The number of hydrogen-bond acceptors (Lipinski definition) is 8. The fraction of sp³-hybridized carbons (Fsp3) is 0.200. The quantitative estimate of drug-likeness (QED) is 0.343. The van der Waals surface area contributed by atoms with Gasteiger partial charge in [0.1, 0.15) is 5.92 Å². The van der Waals surface area contributed by atoms with Crippen molar-refractivity contribution < 1.29 is 24.0 Å². The Morgan fingerprint density at radius 2 is 1.97 bits per heavy atom. The summed E-state index contributed by atoms with van der Waals surface area (Å²) in [6.07, 6.45) is 0. The summed E-state index contributed by atoms with van der Waals surface area (Å²) in [5.41, 5.74) is 0.808. The molecule has 30 heavy (non-hydrogen) atoms. The molecule has 2 atom stereocenters. The van der Waals surface area contributed by atoms with Crippen LogP contribution in [0, 0.1) is 16.0 Å². The summed E-state index contributed by atoms with van der Waals surface area (Å²) in [4.78, 5) is 51.0. The number of imide groups is 1. The molecule has 1 saturated heterocycles. The molecule has 0 spiro atoms. The van der Waals surface area contributed by atoms with Gasteiger partial charge in [-0.1, -0.05) is 30.3 Å². The molecule has 0 aliphatic carbocycles. The van der Waals surface area contributed by atoms with E-state index in [1.165, 1.54) is 24.3 Å². The number of hydrogen-bond donors (Lipinski definition) is 1. The molecule has 2 aromatic rings. The third-order valence-corrected chi connectivity index (χ3v) is 5.08. The van der Waals surface area contributed by atoms with Crippen molar-refractivity contribution in [3.05, 3.63) is 70.3 Å². The molecule has 2 heterocycles. The van der Waals surface area contributed by atoms with E-state index in [1.807, 2.05) is 0 Å². The number of benzene rings is 2. The zero-order chi connectivity index (χ0) is 21.5. The monoisotopic (exact) mass is 408 g/mol. The van der Waals surface area contributed by atoms with Crippen LogP contribution in [-0.4, -0.2) is 35.0 Å². The molecule has 4 rings (SSSR count). The van der Waals surface area contributed by atoms with Crippen LogP contribution in [0.1, 0.15) is 12.5 Å². The molecule has 0 radical (unpaired) electrons. The second kappa shape index (κ2) is 7.07. The molecule has 0 unspecified atom stereocenters. The van der Waals surface area contributed by atoms with Gasteiger partial charge in [0.25, 0.3) is 11.6 Å². The lowest BCUT2D eigenvalue weighted by molar-refractivity contribution is -0.385. The number of para-hydroxylation sites is 1. The van der Waals surface area contributed by atoms with Gasteiger partial charge in [0.2, 0.25) is 5.91 Å². The van der Waals surface area contributed by atoms with E-state index in [2.05, 4.69) is 10.5 Å². The van der Waals surface area contributed by atoms with E-state index in [0.29, 0.717) is 5.69 Å². The second-order valence-corrected chi connectivity index (χ2v) is 6.69. The van der Waals surface area contributed by atoms with Gasteiger partial charge in [-0.2, -0.15) is 5.10 Å². The predicted molar refractivity (Wildman–Crippen MR) is 104 cm³/mol. The first-order chi connectivity index (χ1) is 14.4. The van der Waals surface area contributed by atoms with E-state index in [9.17, 15) is 24.5 Å². The number of hydrazone groups is 1. The van der Waals surface area contributed by atoms with Crippen molar-refractivity contribution in [2.75, 3.05) is 11.5 Å². The van der Waals surface area contributed by atoms with Gasteiger partial charge in [-0.05, 0) is 24.6 Å². The second-order valence-electron chi connectivity index (χ2n) is 6.69. The molecule has 10 heteroatoms. The third kappa shape index (κ3) is 2.65. The number of ether oxygens (including phenoxy) is 1. The predicted octanol–water partition coefficient (Wildman–Crippen LogP) is 1.50. The first kappa shape index (κ1) is 19.2. The average molecular weight is 408 g/mol. The Morgan fingerprint density at radius 3 is 2.63 bits per heavy atom.